The summed E-state index contributed by atoms with van der Waals surface area (Å²) in [6.45, 7) is 7.92. The Morgan fingerprint density at radius 3 is 2.53 bits per heavy atom. The Bertz CT molecular complexity index is 202. The third-order valence-electron chi connectivity index (χ3n) is 5.08. The first-order valence-electron chi connectivity index (χ1n) is 7.89. The quantitative estimate of drug-likeness (QED) is 0.650. The molecule has 0 aromatic heterocycles. The first-order chi connectivity index (χ1) is 8.19. The van der Waals surface area contributed by atoms with Crippen LogP contribution < -0.4 is 5.73 Å². The van der Waals surface area contributed by atoms with Gasteiger partial charge in [0.1, 0.15) is 0 Å². The van der Waals surface area contributed by atoms with Crippen molar-refractivity contribution >= 4 is 0 Å². The molecular weight excluding hydrogens is 206 g/mol. The molecule has 0 heterocycles. The molecule has 102 valence electrons. The summed E-state index contributed by atoms with van der Waals surface area (Å²) in [6.07, 6.45) is 12.5. The van der Waals surface area contributed by atoms with Gasteiger partial charge in [0.25, 0.3) is 0 Å². The van der Waals surface area contributed by atoms with Gasteiger partial charge in [-0.15, -0.1) is 0 Å². The van der Waals surface area contributed by atoms with Crippen LogP contribution in [0.4, 0.5) is 0 Å². The molecular formula is C16H33N. The van der Waals surface area contributed by atoms with Crippen molar-refractivity contribution in [1.82, 2.24) is 0 Å². The molecule has 1 heteroatoms. The molecule has 0 aromatic rings. The molecule has 0 aliphatic heterocycles. The second-order valence-corrected chi connectivity index (χ2v) is 6.34. The van der Waals surface area contributed by atoms with Crippen LogP contribution in [0.2, 0.25) is 0 Å². The van der Waals surface area contributed by atoms with Crippen LogP contribution in [0.5, 0.6) is 0 Å². The summed E-state index contributed by atoms with van der Waals surface area (Å²) >= 11 is 0. The molecule has 3 atom stereocenters. The summed E-state index contributed by atoms with van der Waals surface area (Å²) < 4.78 is 0. The Balaban J connectivity index is 2.49. The van der Waals surface area contributed by atoms with Crippen LogP contribution in [0.1, 0.15) is 78.6 Å². The fraction of sp³-hybridized carbons (Fsp3) is 1.00. The molecule has 1 rings (SSSR count). The second-order valence-electron chi connectivity index (χ2n) is 6.34. The van der Waals surface area contributed by atoms with Gasteiger partial charge in [-0.1, -0.05) is 52.9 Å². The highest BCUT2D eigenvalue weighted by atomic mass is 14.6. The topological polar surface area (TPSA) is 26.0 Å². The van der Waals surface area contributed by atoms with Gasteiger partial charge >= 0.3 is 0 Å². The van der Waals surface area contributed by atoms with Crippen molar-refractivity contribution < 1.29 is 0 Å². The highest BCUT2D eigenvalue weighted by molar-refractivity contribution is 4.91. The van der Waals surface area contributed by atoms with E-state index in [9.17, 15) is 0 Å². The fourth-order valence-corrected chi connectivity index (χ4v) is 3.69. The van der Waals surface area contributed by atoms with E-state index in [0.717, 1.165) is 18.4 Å². The minimum atomic E-state index is 0.509. The van der Waals surface area contributed by atoms with E-state index in [1.807, 2.05) is 0 Å². The predicted molar refractivity (Wildman–Crippen MR) is 77.0 cm³/mol. The molecule has 0 saturated heterocycles. The first kappa shape index (κ1) is 15.0. The van der Waals surface area contributed by atoms with Crippen LogP contribution in [0, 0.1) is 17.3 Å². The van der Waals surface area contributed by atoms with E-state index >= 15 is 0 Å². The Labute approximate surface area is 109 Å². The lowest BCUT2D eigenvalue weighted by atomic mass is 9.75. The fourth-order valence-electron chi connectivity index (χ4n) is 3.69. The van der Waals surface area contributed by atoms with Crippen molar-refractivity contribution in [3.8, 4) is 0 Å². The van der Waals surface area contributed by atoms with Crippen molar-refractivity contribution in [2.45, 2.75) is 78.6 Å². The molecule has 1 nitrogen and oxygen atoms in total. The van der Waals surface area contributed by atoms with Gasteiger partial charge in [0.2, 0.25) is 0 Å². The third-order valence-corrected chi connectivity index (χ3v) is 5.08. The van der Waals surface area contributed by atoms with Gasteiger partial charge in [0, 0.05) is 0 Å². The van der Waals surface area contributed by atoms with Crippen LogP contribution >= 0.6 is 0 Å². The van der Waals surface area contributed by atoms with Crippen LogP contribution in [0.3, 0.4) is 0 Å². The molecule has 1 fully saturated rings. The van der Waals surface area contributed by atoms with Gasteiger partial charge in [-0.05, 0) is 49.5 Å². The summed E-state index contributed by atoms with van der Waals surface area (Å²) in [6, 6.07) is 0. The lowest BCUT2D eigenvalue weighted by Crippen LogP contribution is -2.30. The van der Waals surface area contributed by atoms with E-state index in [4.69, 9.17) is 5.73 Å². The minimum absolute atomic E-state index is 0.509. The normalized spacial score (nSPS) is 30.7. The maximum absolute atomic E-state index is 6.12. The summed E-state index contributed by atoms with van der Waals surface area (Å²) in [4.78, 5) is 0. The van der Waals surface area contributed by atoms with Crippen molar-refractivity contribution in [2.24, 2.45) is 23.0 Å². The molecule has 1 aliphatic carbocycles. The van der Waals surface area contributed by atoms with Crippen molar-refractivity contribution in [1.29, 1.82) is 0 Å². The zero-order valence-corrected chi connectivity index (χ0v) is 12.3. The van der Waals surface area contributed by atoms with E-state index in [-0.39, 0.29) is 0 Å². The summed E-state index contributed by atoms with van der Waals surface area (Å²) in [5.74, 6) is 1.89. The average Bonchev–Trinajstić information content (AvgIpc) is 2.78. The van der Waals surface area contributed by atoms with E-state index < -0.39 is 0 Å². The number of nitrogens with two attached hydrogens (primary N) is 1. The largest absolute Gasteiger partial charge is 0.330 e. The molecule has 0 bridgehead atoms. The van der Waals surface area contributed by atoms with E-state index in [1.54, 1.807) is 0 Å². The van der Waals surface area contributed by atoms with Crippen LogP contribution in [-0.2, 0) is 0 Å². The molecule has 0 spiro atoms. The van der Waals surface area contributed by atoms with Gasteiger partial charge in [-0.25, -0.2) is 0 Å². The smallest absolute Gasteiger partial charge is 0.00203 e. The Morgan fingerprint density at radius 2 is 2.06 bits per heavy atom. The molecule has 3 unspecified atom stereocenters. The zero-order chi connectivity index (χ0) is 12.7. The summed E-state index contributed by atoms with van der Waals surface area (Å²) in [5, 5.41) is 0. The van der Waals surface area contributed by atoms with Gasteiger partial charge < -0.3 is 5.73 Å². The van der Waals surface area contributed by atoms with Crippen molar-refractivity contribution in [3.05, 3.63) is 0 Å². The molecule has 1 aliphatic rings. The molecule has 17 heavy (non-hydrogen) atoms. The predicted octanol–water partition coefficient (Wildman–Crippen LogP) is 4.75. The van der Waals surface area contributed by atoms with Crippen molar-refractivity contribution in [2.75, 3.05) is 6.54 Å². The number of hydrogen-bond acceptors (Lipinski definition) is 1. The monoisotopic (exact) mass is 239 g/mol. The Morgan fingerprint density at radius 1 is 1.29 bits per heavy atom. The lowest BCUT2D eigenvalue weighted by molar-refractivity contribution is 0.206. The van der Waals surface area contributed by atoms with Crippen LogP contribution in [-0.4, -0.2) is 6.54 Å². The lowest BCUT2D eigenvalue weighted by Gasteiger charge is -2.32. The number of rotatable bonds is 8. The molecule has 0 aromatic carbocycles. The second kappa shape index (κ2) is 7.41. The molecule has 1 saturated carbocycles. The number of hydrogen-bond donors (Lipinski definition) is 1. The maximum atomic E-state index is 6.12. The van der Waals surface area contributed by atoms with Gasteiger partial charge in [0.15, 0.2) is 0 Å². The SMILES string of the molecule is CCCCC(CC)CC1(CN)CCC(CC)C1. The van der Waals surface area contributed by atoms with E-state index in [1.165, 1.54) is 57.8 Å². The standard InChI is InChI=1S/C16H33N/c1-4-7-8-14(5-2)11-16(13-17)10-9-15(6-3)12-16/h14-15H,4-13,17H2,1-3H3. The highest BCUT2D eigenvalue weighted by Gasteiger charge is 2.38. The molecule has 0 radical (unpaired) electrons. The van der Waals surface area contributed by atoms with Crippen molar-refractivity contribution in [3.63, 3.8) is 0 Å². The van der Waals surface area contributed by atoms with Crippen LogP contribution in [0.15, 0.2) is 0 Å². The molecule has 2 N–H and O–H groups in total. The Kier molecular flexibility index (Phi) is 6.54. The van der Waals surface area contributed by atoms with Gasteiger partial charge in [-0.3, -0.25) is 0 Å². The average molecular weight is 239 g/mol. The summed E-state index contributed by atoms with van der Waals surface area (Å²) in [7, 11) is 0. The Hall–Kier alpha value is -0.0400. The maximum Gasteiger partial charge on any atom is -0.00203 e. The van der Waals surface area contributed by atoms with Gasteiger partial charge in [-0.2, -0.15) is 0 Å². The third kappa shape index (κ3) is 4.28. The number of unbranched alkanes of at least 4 members (excludes halogenated alkanes) is 1. The van der Waals surface area contributed by atoms with E-state index in [0.29, 0.717) is 5.41 Å². The molecule has 0 amide bonds. The summed E-state index contributed by atoms with van der Waals surface area (Å²) in [5.41, 5.74) is 6.63. The van der Waals surface area contributed by atoms with Crippen LogP contribution in [0.25, 0.3) is 0 Å². The minimum Gasteiger partial charge on any atom is -0.330 e. The van der Waals surface area contributed by atoms with E-state index in [2.05, 4.69) is 20.8 Å². The first-order valence-corrected chi connectivity index (χ1v) is 7.89. The zero-order valence-electron chi connectivity index (χ0n) is 12.3. The highest BCUT2D eigenvalue weighted by Crippen LogP contribution is 2.47. The van der Waals surface area contributed by atoms with Gasteiger partial charge in [0.05, 0.1) is 0 Å².